The molecule has 2 nitrogen and oxygen atoms in total. The molecule has 17 heavy (non-hydrogen) atoms. The van der Waals surface area contributed by atoms with Gasteiger partial charge < -0.3 is 9.84 Å². The Hall–Kier alpha value is -0.860. The van der Waals surface area contributed by atoms with Crippen molar-refractivity contribution in [1.29, 1.82) is 0 Å². The second-order valence-corrected chi connectivity index (χ2v) is 5.44. The highest BCUT2D eigenvalue weighted by Crippen LogP contribution is 2.38. The lowest BCUT2D eigenvalue weighted by atomic mass is 9.74. The topological polar surface area (TPSA) is 29.5 Å². The van der Waals surface area contributed by atoms with E-state index < -0.39 is 0 Å². The fourth-order valence-electron chi connectivity index (χ4n) is 3.12. The van der Waals surface area contributed by atoms with Gasteiger partial charge in [0.25, 0.3) is 0 Å². The lowest BCUT2D eigenvalue weighted by Crippen LogP contribution is -2.46. The molecule has 0 radical (unpaired) electrons. The predicted molar refractivity (Wildman–Crippen MR) is 67.3 cm³/mol. The number of fused-ring (bicyclic) bond motifs is 1. The van der Waals surface area contributed by atoms with Crippen LogP contribution in [0.15, 0.2) is 18.2 Å². The van der Waals surface area contributed by atoms with Crippen LogP contribution < -0.4 is 0 Å². The summed E-state index contributed by atoms with van der Waals surface area (Å²) in [6.07, 6.45) is 5.71. The quantitative estimate of drug-likeness (QED) is 0.862. The maximum atomic E-state index is 9.01. The van der Waals surface area contributed by atoms with Gasteiger partial charge in [0.05, 0.1) is 13.2 Å². The summed E-state index contributed by atoms with van der Waals surface area (Å²) in [5.74, 6) is 0. The summed E-state index contributed by atoms with van der Waals surface area (Å²) < 4.78 is 5.43. The van der Waals surface area contributed by atoms with Gasteiger partial charge in [-0.05, 0) is 48.8 Å². The molecule has 0 amide bonds. The number of aliphatic hydroxyl groups is 1. The van der Waals surface area contributed by atoms with Gasteiger partial charge in [0.1, 0.15) is 0 Å². The molecule has 3 rings (SSSR count). The highest BCUT2D eigenvalue weighted by Gasteiger charge is 2.39. The number of aryl methyl sites for hydroxylation is 2. The fourth-order valence-corrected chi connectivity index (χ4v) is 3.12. The Morgan fingerprint density at radius 2 is 2.00 bits per heavy atom. The molecule has 0 saturated carbocycles. The normalized spacial score (nSPS) is 21.0. The summed E-state index contributed by atoms with van der Waals surface area (Å²) >= 11 is 0. The average Bonchev–Trinajstić information content (AvgIpc) is 2.75. The van der Waals surface area contributed by atoms with Crippen molar-refractivity contribution < 1.29 is 9.84 Å². The second-order valence-electron chi connectivity index (χ2n) is 5.44. The first kappa shape index (κ1) is 11.2. The standard InChI is InChI=1S/C15H20O2/c16-8-2-7-15(10-17-11-15)14-6-5-12-3-1-4-13(12)9-14/h5-6,9,16H,1-4,7-8,10-11H2. The zero-order chi connectivity index (χ0) is 11.7. The zero-order valence-electron chi connectivity index (χ0n) is 10.2. The van der Waals surface area contributed by atoms with Gasteiger partial charge >= 0.3 is 0 Å². The minimum Gasteiger partial charge on any atom is -0.396 e. The van der Waals surface area contributed by atoms with Crippen molar-refractivity contribution in [2.45, 2.75) is 37.5 Å². The summed E-state index contributed by atoms with van der Waals surface area (Å²) in [5, 5.41) is 9.01. The van der Waals surface area contributed by atoms with Crippen molar-refractivity contribution in [2.75, 3.05) is 19.8 Å². The smallest absolute Gasteiger partial charge is 0.0585 e. The number of aliphatic hydroxyl groups excluding tert-OH is 1. The van der Waals surface area contributed by atoms with Crippen LogP contribution in [0.5, 0.6) is 0 Å². The van der Waals surface area contributed by atoms with Gasteiger partial charge in [-0.1, -0.05) is 18.2 Å². The Balaban J connectivity index is 1.86. The third-order valence-electron chi connectivity index (χ3n) is 4.28. The van der Waals surface area contributed by atoms with Crippen molar-refractivity contribution in [3.63, 3.8) is 0 Å². The van der Waals surface area contributed by atoms with Crippen LogP contribution in [0.25, 0.3) is 0 Å². The van der Waals surface area contributed by atoms with Crippen LogP contribution in [0.2, 0.25) is 0 Å². The predicted octanol–water partition coefficient (Wildman–Crippen LogP) is 2.22. The average molecular weight is 232 g/mol. The Labute approximate surface area is 103 Å². The molecule has 1 heterocycles. The van der Waals surface area contributed by atoms with E-state index in [0.29, 0.717) is 0 Å². The molecule has 1 fully saturated rings. The van der Waals surface area contributed by atoms with E-state index in [0.717, 1.165) is 26.1 Å². The summed E-state index contributed by atoms with van der Waals surface area (Å²) in [4.78, 5) is 0. The minimum atomic E-state index is 0.195. The SMILES string of the molecule is OCCCC1(c2ccc3c(c2)CCC3)COC1. The van der Waals surface area contributed by atoms with Crippen LogP contribution >= 0.6 is 0 Å². The molecule has 1 aromatic carbocycles. The summed E-state index contributed by atoms with van der Waals surface area (Å²) in [6, 6.07) is 6.98. The van der Waals surface area contributed by atoms with Crippen LogP contribution in [-0.2, 0) is 23.0 Å². The van der Waals surface area contributed by atoms with E-state index in [1.54, 1.807) is 0 Å². The van der Waals surface area contributed by atoms with Crippen LogP contribution in [-0.4, -0.2) is 24.9 Å². The molecule has 0 unspecified atom stereocenters. The first-order valence-corrected chi connectivity index (χ1v) is 6.65. The van der Waals surface area contributed by atoms with Gasteiger partial charge in [-0.15, -0.1) is 0 Å². The van der Waals surface area contributed by atoms with E-state index in [4.69, 9.17) is 9.84 Å². The zero-order valence-corrected chi connectivity index (χ0v) is 10.2. The third-order valence-corrected chi connectivity index (χ3v) is 4.28. The lowest BCUT2D eigenvalue weighted by Gasteiger charge is -2.42. The van der Waals surface area contributed by atoms with Crippen molar-refractivity contribution in [3.8, 4) is 0 Å². The molecule has 1 aliphatic heterocycles. The molecule has 0 aromatic heterocycles. The van der Waals surface area contributed by atoms with Gasteiger partial charge in [0.15, 0.2) is 0 Å². The van der Waals surface area contributed by atoms with Gasteiger partial charge in [0.2, 0.25) is 0 Å². The van der Waals surface area contributed by atoms with Crippen LogP contribution in [0, 0.1) is 0 Å². The van der Waals surface area contributed by atoms with Crippen LogP contribution in [0.3, 0.4) is 0 Å². The summed E-state index contributed by atoms with van der Waals surface area (Å²) in [6.45, 7) is 1.93. The molecule has 92 valence electrons. The van der Waals surface area contributed by atoms with Crippen molar-refractivity contribution in [2.24, 2.45) is 0 Å². The fraction of sp³-hybridized carbons (Fsp3) is 0.600. The highest BCUT2D eigenvalue weighted by atomic mass is 16.5. The lowest BCUT2D eigenvalue weighted by molar-refractivity contribution is -0.0665. The maximum absolute atomic E-state index is 9.01. The number of benzene rings is 1. The Bertz CT molecular complexity index is 407. The van der Waals surface area contributed by atoms with E-state index in [1.807, 2.05) is 0 Å². The number of ether oxygens (including phenoxy) is 1. The maximum Gasteiger partial charge on any atom is 0.0585 e. The van der Waals surface area contributed by atoms with Crippen molar-refractivity contribution in [1.82, 2.24) is 0 Å². The molecule has 2 heteroatoms. The molecular weight excluding hydrogens is 212 g/mol. The summed E-state index contributed by atoms with van der Waals surface area (Å²) in [7, 11) is 0. The first-order valence-electron chi connectivity index (χ1n) is 6.65. The highest BCUT2D eigenvalue weighted by molar-refractivity contribution is 5.39. The van der Waals surface area contributed by atoms with Gasteiger partial charge in [-0.3, -0.25) is 0 Å². The van der Waals surface area contributed by atoms with Crippen molar-refractivity contribution >= 4 is 0 Å². The van der Waals surface area contributed by atoms with Gasteiger partial charge in [-0.25, -0.2) is 0 Å². The molecule has 0 atom stereocenters. The molecule has 1 N–H and O–H groups in total. The van der Waals surface area contributed by atoms with Gasteiger partial charge in [-0.2, -0.15) is 0 Å². The Kier molecular flexibility index (Phi) is 2.93. The Morgan fingerprint density at radius 1 is 1.18 bits per heavy atom. The first-order chi connectivity index (χ1) is 8.34. The molecule has 0 bridgehead atoms. The number of hydrogen-bond donors (Lipinski definition) is 1. The van der Waals surface area contributed by atoms with E-state index >= 15 is 0 Å². The molecule has 1 aromatic rings. The monoisotopic (exact) mass is 232 g/mol. The minimum absolute atomic E-state index is 0.195. The van der Waals surface area contributed by atoms with E-state index in [9.17, 15) is 0 Å². The van der Waals surface area contributed by atoms with E-state index in [1.165, 1.54) is 36.0 Å². The van der Waals surface area contributed by atoms with Crippen LogP contribution in [0.4, 0.5) is 0 Å². The largest absolute Gasteiger partial charge is 0.396 e. The van der Waals surface area contributed by atoms with Crippen molar-refractivity contribution in [3.05, 3.63) is 34.9 Å². The number of rotatable bonds is 4. The Morgan fingerprint density at radius 3 is 2.71 bits per heavy atom. The molecule has 1 saturated heterocycles. The number of hydrogen-bond acceptors (Lipinski definition) is 2. The molecule has 2 aliphatic rings. The van der Waals surface area contributed by atoms with Gasteiger partial charge in [0, 0.05) is 12.0 Å². The molecular formula is C15H20O2. The second kappa shape index (κ2) is 4.43. The summed E-state index contributed by atoms with van der Waals surface area (Å²) in [5.41, 5.74) is 4.70. The van der Waals surface area contributed by atoms with Crippen LogP contribution in [0.1, 0.15) is 36.0 Å². The third kappa shape index (κ3) is 1.90. The van der Waals surface area contributed by atoms with E-state index in [-0.39, 0.29) is 12.0 Å². The molecule has 1 aliphatic carbocycles. The molecule has 0 spiro atoms. The van der Waals surface area contributed by atoms with E-state index in [2.05, 4.69) is 18.2 Å².